The van der Waals surface area contributed by atoms with Gasteiger partial charge >= 0.3 is 0 Å². The van der Waals surface area contributed by atoms with Crippen LogP contribution in [0.1, 0.15) is 35.4 Å². The van der Waals surface area contributed by atoms with Crippen molar-refractivity contribution >= 4 is 17.6 Å². The quantitative estimate of drug-likeness (QED) is 0.788. The van der Waals surface area contributed by atoms with Crippen LogP contribution in [0.5, 0.6) is 0 Å². The number of piperidine rings is 1. The van der Waals surface area contributed by atoms with Crippen LogP contribution in [0.15, 0.2) is 22.8 Å². The van der Waals surface area contributed by atoms with Crippen LogP contribution in [0.3, 0.4) is 0 Å². The Hall–Kier alpha value is -3.05. The molecule has 8 nitrogen and oxygen atoms in total. The molecule has 3 rings (SSSR count). The highest BCUT2D eigenvalue weighted by molar-refractivity contribution is 5.93. The molecule has 148 valence electrons. The standard InChI is InChI=1S/C20H25N5O3/c1-13-14(2)25(11-16-6-4-8-28-16)20(17(13)9-21)23-18(26)12-24-7-3-5-15(10-24)19(22)27/h4,6,8,15H,3,5,7,10-12H2,1-2H3,(H2,22,27)(H,23,26)/t15-/m0/s1. The molecular formula is C20H25N5O3. The molecule has 0 bridgehead atoms. The molecule has 2 amide bonds. The summed E-state index contributed by atoms with van der Waals surface area (Å²) in [7, 11) is 0. The van der Waals surface area contributed by atoms with Crippen molar-refractivity contribution in [2.75, 3.05) is 25.0 Å². The lowest BCUT2D eigenvalue weighted by atomic mass is 9.97. The SMILES string of the molecule is Cc1c(C#N)c(NC(=O)CN2CCC[C@H](C(N)=O)C2)n(Cc2ccco2)c1C. The van der Waals surface area contributed by atoms with Crippen LogP contribution >= 0.6 is 0 Å². The molecule has 1 fully saturated rings. The molecule has 3 N–H and O–H groups in total. The number of primary amides is 1. The number of hydrogen-bond donors (Lipinski definition) is 2. The van der Waals surface area contributed by atoms with Crippen LogP contribution in [-0.2, 0) is 16.1 Å². The van der Waals surface area contributed by atoms with E-state index in [9.17, 15) is 14.9 Å². The number of amides is 2. The molecule has 0 spiro atoms. The lowest BCUT2D eigenvalue weighted by Crippen LogP contribution is -2.44. The van der Waals surface area contributed by atoms with Crippen LogP contribution in [-0.4, -0.2) is 40.9 Å². The summed E-state index contributed by atoms with van der Waals surface area (Å²) in [5.41, 5.74) is 7.59. The van der Waals surface area contributed by atoms with E-state index in [1.165, 1.54) is 0 Å². The Balaban J connectivity index is 1.77. The summed E-state index contributed by atoms with van der Waals surface area (Å²) < 4.78 is 7.30. The van der Waals surface area contributed by atoms with Crippen molar-refractivity contribution in [1.82, 2.24) is 9.47 Å². The number of nitrogens with two attached hydrogens (primary N) is 1. The Morgan fingerprint density at radius 1 is 1.43 bits per heavy atom. The van der Waals surface area contributed by atoms with E-state index in [0.29, 0.717) is 24.5 Å². The van der Waals surface area contributed by atoms with Crippen molar-refractivity contribution in [3.63, 3.8) is 0 Å². The summed E-state index contributed by atoms with van der Waals surface area (Å²) in [5, 5.41) is 12.5. The molecule has 0 aliphatic carbocycles. The molecular weight excluding hydrogens is 358 g/mol. The van der Waals surface area contributed by atoms with E-state index in [1.54, 1.807) is 12.3 Å². The second-order valence-electron chi connectivity index (χ2n) is 7.24. The Kier molecular flexibility index (Phi) is 5.85. The van der Waals surface area contributed by atoms with Gasteiger partial charge in [-0.2, -0.15) is 5.26 Å². The van der Waals surface area contributed by atoms with Gasteiger partial charge in [-0.1, -0.05) is 0 Å². The molecule has 3 heterocycles. The average Bonchev–Trinajstić information content (AvgIpc) is 3.25. The van der Waals surface area contributed by atoms with Gasteiger partial charge in [-0.15, -0.1) is 0 Å². The molecule has 8 heteroatoms. The fraction of sp³-hybridized carbons (Fsp3) is 0.450. The summed E-state index contributed by atoms with van der Waals surface area (Å²) in [4.78, 5) is 26.1. The first-order valence-corrected chi connectivity index (χ1v) is 9.34. The first-order valence-electron chi connectivity index (χ1n) is 9.34. The maximum atomic E-state index is 12.7. The van der Waals surface area contributed by atoms with Crippen LogP contribution in [0, 0.1) is 31.1 Å². The minimum Gasteiger partial charge on any atom is -0.467 e. The van der Waals surface area contributed by atoms with E-state index < -0.39 is 0 Å². The molecule has 1 atom stereocenters. The Morgan fingerprint density at radius 2 is 2.21 bits per heavy atom. The highest BCUT2D eigenvalue weighted by Crippen LogP contribution is 2.27. The molecule has 28 heavy (non-hydrogen) atoms. The molecule has 0 unspecified atom stereocenters. The van der Waals surface area contributed by atoms with E-state index in [-0.39, 0.29) is 24.3 Å². The van der Waals surface area contributed by atoms with Crippen molar-refractivity contribution in [2.24, 2.45) is 11.7 Å². The second kappa shape index (κ2) is 8.31. The van der Waals surface area contributed by atoms with Crippen LogP contribution in [0.2, 0.25) is 0 Å². The van der Waals surface area contributed by atoms with Crippen molar-refractivity contribution in [2.45, 2.75) is 33.2 Å². The number of nitrogens with zero attached hydrogens (tertiary/aromatic N) is 3. The largest absolute Gasteiger partial charge is 0.467 e. The van der Waals surface area contributed by atoms with Gasteiger partial charge in [-0.3, -0.25) is 14.5 Å². The van der Waals surface area contributed by atoms with Gasteiger partial charge in [0.1, 0.15) is 17.6 Å². The second-order valence-corrected chi connectivity index (χ2v) is 7.24. The molecule has 1 aliphatic heterocycles. The van der Waals surface area contributed by atoms with Gasteiger partial charge < -0.3 is 20.0 Å². The minimum atomic E-state index is -0.324. The predicted octanol–water partition coefficient (Wildman–Crippen LogP) is 1.75. The van der Waals surface area contributed by atoms with E-state index >= 15 is 0 Å². The number of likely N-dealkylation sites (tertiary alicyclic amines) is 1. The number of anilines is 1. The third-order valence-electron chi connectivity index (χ3n) is 5.37. The van der Waals surface area contributed by atoms with Crippen molar-refractivity contribution in [1.29, 1.82) is 5.26 Å². The third kappa shape index (κ3) is 4.10. The topological polar surface area (TPSA) is 117 Å². The van der Waals surface area contributed by atoms with Gasteiger partial charge in [0.15, 0.2) is 0 Å². The number of rotatable bonds is 6. The van der Waals surface area contributed by atoms with Crippen molar-refractivity contribution in [3.8, 4) is 6.07 Å². The lowest BCUT2D eigenvalue weighted by molar-refractivity contribution is -0.125. The molecule has 1 aliphatic rings. The van der Waals surface area contributed by atoms with Crippen molar-refractivity contribution in [3.05, 3.63) is 41.0 Å². The number of furan rings is 1. The van der Waals surface area contributed by atoms with E-state index in [1.807, 2.05) is 29.4 Å². The Labute approximate surface area is 163 Å². The van der Waals surface area contributed by atoms with Gasteiger partial charge in [0.2, 0.25) is 11.8 Å². The minimum absolute atomic E-state index is 0.151. The van der Waals surface area contributed by atoms with Gasteiger partial charge in [0.05, 0.1) is 30.8 Å². The Bertz CT molecular complexity index is 907. The van der Waals surface area contributed by atoms with Crippen LogP contribution in [0.25, 0.3) is 0 Å². The number of aromatic nitrogens is 1. The number of hydrogen-bond acceptors (Lipinski definition) is 5. The zero-order chi connectivity index (χ0) is 20.3. The van der Waals surface area contributed by atoms with E-state index in [4.69, 9.17) is 10.2 Å². The maximum absolute atomic E-state index is 12.7. The lowest BCUT2D eigenvalue weighted by Gasteiger charge is -2.30. The number of carbonyl (C=O) groups is 2. The van der Waals surface area contributed by atoms with Gasteiger partial charge in [0, 0.05) is 12.2 Å². The number of nitrogens with one attached hydrogen (secondary N) is 1. The monoisotopic (exact) mass is 383 g/mol. The number of nitriles is 1. The van der Waals surface area contributed by atoms with Crippen LogP contribution < -0.4 is 11.1 Å². The molecule has 0 saturated carbocycles. The van der Waals surface area contributed by atoms with E-state index in [2.05, 4.69) is 11.4 Å². The third-order valence-corrected chi connectivity index (χ3v) is 5.37. The maximum Gasteiger partial charge on any atom is 0.239 e. The highest BCUT2D eigenvalue weighted by atomic mass is 16.3. The average molecular weight is 383 g/mol. The highest BCUT2D eigenvalue weighted by Gasteiger charge is 2.26. The molecule has 1 saturated heterocycles. The summed E-state index contributed by atoms with van der Waals surface area (Å²) in [6.07, 6.45) is 3.18. The van der Waals surface area contributed by atoms with Crippen LogP contribution in [0.4, 0.5) is 5.82 Å². The fourth-order valence-corrected chi connectivity index (χ4v) is 3.69. The van der Waals surface area contributed by atoms with Crippen molar-refractivity contribution < 1.29 is 14.0 Å². The Morgan fingerprint density at radius 3 is 2.86 bits per heavy atom. The smallest absolute Gasteiger partial charge is 0.239 e. The van der Waals surface area contributed by atoms with Gasteiger partial charge in [0.25, 0.3) is 0 Å². The zero-order valence-corrected chi connectivity index (χ0v) is 16.2. The summed E-state index contributed by atoms with van der Waals surface area (Å²) in [6, 6.07) is 5.85. The summed E-state index contributed by atoms with van der Waals surface area (Å²) in [6.45, 7) is 5.58. The van der Waals surface area contributed by atoms with Gasteiger partial charge in [-0.05, 0) is 50.9 Å². The fourth-order valence-electron chi connectivity index (χ4n) is 3.69. The summed E-state index contributed by atoms with van der Waals surface area (Å²) in [5.74, 6) is 0.444. The summed E-state index contributed by atoms with van der Waals surface area (Å²) >= 11 is 0. The predicted molar refractivity (Wildman–Crippen MR) is 103 cm³/mol. The molecule has 0 aromatic carbocycles. The van der Waals surface area contributed by atoms with E-state index in [0.717, 1.165) is 36.4 Å². The molecule has 0 radical (unpaired) electrons. The normalized spacial score (nSPS) is 17.2. The molecule has 2 aromatic heterocycles. The molecule has 2 aromatic rings. The first-order chi connectivity index (χ1) is 13.4. The van der Waals surface area contributed by atoms with Gasteiger partial charge in [-0.25, -0.2) is 0 Å². The zero-order valence-electron chi connectivity index (χ0n) is 16.2. The number of carbonyl (C=O) groups excluding carboxylic acids is 2. The first kappa shape index (κ1) is 19.7.